The van der Waals surface area contributed by atoms with Gasteiger partial charge in [0.1, 0.15) is 6.07 Å². The number of imidazole rings is 1. The third-order valence-electron chi connectivity index (χ3n) is 6.67. The quantitative estimate of drug-likeness (QED) is 0.184. The molecule has 1 aliphatic heterocycles. The first-order valence-corrected chi connectivity index (χ1v) is 14.2. The Morgan fingerprint density at radius 1 is 1.13 bits per heavy atom. The Morgan fingerprint density at radius 2 is 1.81 bits per heavy atom. The van der Waals surface area contributed by atoms with E-state index >= 15 is 0 Å². The van der Waals surface area contributed by atoms with E-state index < -0.39 is 42.0 Å². The number of carbonyl (C=O) groups is 3. The van der Waals surface area contributed by atoms with Crippen LogP contribution in [0.4, 0.5) is 27.6 Å². The maximum atomic E-state index is 14.7. The number of nitriles is 1. The molecule has 252 valence electrons. The monoisotopic (exact) mass is 685 g/mol. The van der Waals surface area contributed by atoms with E-state index in [1.54, 1.807) is 6.07 Å². The summed E-state index contributed by atoms with van der Waals surface area (Å²) in [6.45, 7) is 4.92. The zero-order chi connectivity index (χ0) is 34.7. The second-order valence-electron chi connectivity index (χ2n) is 9.86. The van der Waals surface area contributed by atoms with Gasteiger partial charge in [-0.05, 0) is 43.3 Å². The average Bonchev–Trinajstić information content (AvgIpc) is 3.41. The van der Waals surface area contributed by atoms with Crippen LogP contribution in [0.5, 0.6) is 5.75 Å². The van der Waals surface area contributed by atoms with E-state index in [4.69, 9.17) is 31.5 Å². The molecule has 4 N–H and O–H groups in total. The Bertz CT molecular complexity index is 1640. The van der Waals surface area contributed by atoms with Crippen molar-refractivity contribution in [3.05, 3.63) is 64.6 Å². The lowest BCUT2D eigenvalue weighted by atomic mass is 10.1. The van der Waals surface area contributed by atoms with Crippen molar-refractivity contribution >= 4 is 35.1 Å². The molecule has 3 aromatic rings. The van der Waals surface area contributed by atoms with Crippen molar-refractivity contribution in [2.45, 2.75) is 12.6 Å². The van der Waals surface area contributed by atoms with Crippen LogP contribution in [0.25, 0.3) is 11.3 Å². The SMILES string of the molecule is Cn1c(-c2ccc(OCC#N)c(F)c2F)cnc1C(=O)Nc1ccc(C(=O)NCCCN2CCNCC2)c(Cl)c1.O=C(O)C(F)(F)F. The van der Waals surface area contributed by atoms with Crippen molar-refractivity contribution in [2.75, 3.05) is 51.2 Å². The third kappa shape index (κ3) is 10.1. The molecule has 2 heterocycles. The molecule has 0 radical (unpaired) electrons. The van der Waals surface area contributed by atoms with Crippen LogP contribution in [-0.2, 0) is 11.8 Å². The Labute approximate surface area is 270 Å². The number of benzene rings is 2. The predicted octanol–water partition coefficient (Wildman–Crippen LogP) is 3.83. The number of hydrogen-bond donors (Lipinski definition) is 4. The zero-order valence-corrected chi connectivity index (χ0v) is 25.5. The number of aromatic nitrogens is 2. The third-order valence-corrected chi connectivity index (χ3v) is 6.98. The zero-order valence-electron chi connectivity index (χ0n) is 24.8. The highest BCUT2D eigenvalue weighted by Gasteiger charge is 2.38. The number of anilines is 1. The van der Waals surface area contributed by atoms with Crippen molar-refractivity contribution in [2.24, 2.45) is 7.05 Å². The maximum absolute atomic E-state index is 14.7. The first-order valence-electron chi connectivity index (χ1n) is 13.9. The first-order chi connectivity index (χ1) is 22.2. The van der Waals surface area contributed by atoms with E-state index in [0.717, 1.165) is 39.1 Å². The number of amides is 2. The number of halogens is 6. The molecule has 2 aromatic carbocycles. The van der Waals surface area contributed by atoms with Crippen LogP contribution in [-0.4, -0.2) is 89.4 Å². The number of piperazine rings is 1. The molecule has 1 aliphatic rings. The van der Waals surface area contributed by atoms with Crippen LogP contribution in [0.2, 0.25) is 5.02 Å². The van der Waals surface area contributed by atoms with Crippen LogP contribution in [0.1, 0.15) is 27.4 Å². The van der Waals surface area contributed by atoms with Gasteiger partial charge in [-0.1, -0.05) is 11.6 Å². The minimum Gasteiger partial charge on any atom is -0.476 e. The normalized spacial score (nSPS) is 13.1. The number of hydrogen-bond acceptors (Lipinski definition) is 8. The topological polar surface area (TPSA) is 162 Å². The number of rotatable bonds is 10. The van der Waals surface area contributed by atoms with E-state index in [1.807, 2.05) is 0 Å². The van der Waals surface area contributed by atoms with Crippen molar-refractivity contribution in [1.82, 2.24) is 25.1 Å². The minimum absolute atomic E-state index is 0.0676. The van der Waals surface area contributed by atoms with Crippen LogP contribution < -0.4 is 20.7 Å². The predicted molar refractivity (Wildman–Crippen MR) is 159 cm³/mol. The maximum Gasteiger partial charge on any atom is 0.490 e. The van der Waals surface area contributed by atoms with Gasteiger partial charge < -0.3 is 35.3 Å². The second-order valence-corrected chi connectivity index (χ2v) is 10.3. The summed E-state index contributed by atoms with van der Waals surface area (Å²) < 4.78 is 67.0. The Hall–Kier alpha value is -4.79. The Balaban J connectivity index is 0.000000771. The Kier molecular flexibility index (Phi) is 13.0. The minimum atomic E-state index is -5.08. The number of alkyl halides is 3. The number of nitrogens with zero attached hydrogens (tertiary/aromatic N) is 4. The van der Waals surface area contributed by atoms with Crippen LogP contribution in [0, 0.1) is 23.0 Å². The highest BCUT2D eigenvalue weighted by molar-refractivity contribution is 6.34. The lowest BCUT2D eigenvalue weighted by Gasteiger charge is -2.27. The molecule has 0 saturated carbocycles. The molecule has 1 fully saturated rings. The van der Waals surface area contributed by atoms with Gasteiger partial charge >= 0.3 is 12.1 Å². The number of aliphatic carboxylic acids is 1. The number of carbonyl (C=O) groups excluding carboxylic acids is 2. The van der Waals surface area contributed by atoms with Crippen LogP contribution in [0.15, 0.2) is 36.5 Å². The highest BCUT2D eigenvalue weighted by Crippen LogP contribution is 2.30. The summed E-state index contributed by atoms with van der Waals surface area (Å²) in [6, 6.07) is 8.67. The van der Waals surface area contributed by atoms with Gasteiger partial charge in [-0.3, -0.25) is 9.59 Å². The fourth-order valence-electron chi connectivity index (χ4n) is 4.32. The largest absolute Gasteiger partial charge is 0.490 e. The molecule has 0 atom stereocenters. The van der Waals surface area contributed by atoms with Gasteiger partial charge in [0.25, 0.3) is 11.8 Å². The summed E-state index contributed by atoms with van der Waals surface area (Å²) in [5, 5.41) is 24.7. The molecule has 0 unspecified atom stereocenters. The number of carboxylic acid groups (broad SMARTS) is 1. The summed E-state index contributed by atoms with van der Waals surface area (Å²) in [5.74, 6) is -6.60. The fourth-order valence-corrected chi connectivity index (χ4v) is 4.59. The lowest BCUT2D eigenvalue weighted by molar-refractivity contribution is -0.192. The van der Waals surface area contributed by atoms with Gasteiger partial charge in [0, 0.05) is 51.0 Å². The van der Waals surface area contributed by atoms with Gasteiger partial charge in [0.05, 0.1) is 22.5 Å². The first kappa shape index (κ1) is 36.7. The molecule has 4 rings (SSSR count). The van der Waals surface area contributed by atoms with Crippen LogP contribution >= 0.6 is 11.6 Å². The molecule has 0 spiro atoms. The number of ether oxygens (including phenoxy) is 1. The van der Waals surface area contributed by atoms with Gasteiger partial charge in [0.2, 0.25) is 5.82 Å². The molecule has 18 heteroatoms. The fraction of sp³-hybridized carbons (Fsp3) is 0.345. The van der Waals surface area contributed by atoms with E-state index in [9.17, 15) is 31.5 Å². The van der Waals surface area contributed by atoms with E-state index in [1.165, 1.54) is 48.1 Å². The molecule has 1 aromatic heterocycles. The average molecular weight is 686 g/mol. The van der Waals surface area contributed by atoms with Crippen LogP contribution in [0.3, 0.4) is 0 Å². The second kappa shape index (κ2) is 16.7. The molecule has 0 bridgehead atoms. The number of carboxylic acids is 1. The Morgan fingerprint density at radius 3 is 2.43 bits per heavy atom. The van der Waals surface area contributed by atoms with E-state index in [0.29, 0.717) is 12.2 Å². The molecule has 1 saturated heterocycles. The molecule has 47 heavy (non-hydrogen) atoms. The highest BCUT2D eigenvalue weighted by atomic mass is 35.5. The van der Waals surface area contributed by atoms with Gasteiger partial charge in [-0.2, -0.15) is 22.8 Å². The summed E-state index contributed by atoms with van der Waals surface area (Å²) in [7, 11) is 1.48. The smallest absolute Gasteiger partial charge is 0.476 e. The van der Waals surface area contributed by atoms with Gasteiger partial charge in [0.15, 0.2) is 24.0 Å². The van der Waals surface area contributed by atoms with Crippen molar-refractivity contribution in [1.29, 1.82) is 5.26 Å². The van der Waals surface area contributed by atoms with Crippen molar-refractivity contribution in [3.63, 3.8) is 0 Å². The van der Waals surface area contributed by atoms with Gasteiger partial charge in [-0.25, -0.2) is 14.2 Å². The summed E-state index contributed by atoms with van der Waals surface area (Å²) in [5.41, 5.74) is 0.615. The lowest BCUT2D eigenvalue weighted by Crippen LogP contribution is -2.44. The standard InChI is InChI=1S/C27H28ClF2N7O3.C2HF3O2/c1-36-21(19-5-6-22(40-14-7-31)24(30)23(19)29)16-34-25(36)27(39)35-17-3-4-18(20(28)15-17)26(38)33-8-2-11-37-12-9-32-10-13-37;3-2(4,5)1(6)7/h3-6,15-16,32H,2,8-14H2,1H3,(H,33,38)(H,35,39);(H,6,7). The summed E-state index contributed by atoms with van der Waals surface area (Å²) in [4.78, 5) is 40.8. The van der Waals surface area contributed by atoms with Gasteiger partial charge in [-0.15, -0.1) is 0 Å². The van der Waals surface area contributed by atoms with E-state index in [-0.39, 0.29) is 33.6 Å². The molecule has 0 aliphatic carbocycles. The summed E-state index contributed by atoms with van der Waals surface area (Å²) in [6.07, 6.45) is -3.02. The molecule has 12 nitrogen and oxygen atoms in total. The molecule has 2 amide bonds. The molecular formula is C29H29ClF5N7O5. The van der Waals surface area contributed by atoms with Crippen molar-refractivity contribution < 1.29 is 46.2 Å². The number of nitrogens with one attached hydrogen (secondary N) is 3. The molecular weight excluding hydrogens is 657 g/mol. The summed E-state index contributed by atoms with van der Waals surface area (Å²) >= 11 is 6.33. The van der Waals surface area contributed by atoms with Crippen molar-refractivity contribution in [3.8, 4) is 23.1 Å². The van der Waals surface area contributed by atoms with E-state index in [2.05, 4.69) is 25.8 Å².